The van der Waals surface area contributed by atoms with Gasteiger partial charge in [0.1, 0.15) is 18.1 Å². The minimum Gasteiger partial charge on any atom is -0.360 e. The predicted molar refractivity (Wildman–Crippen MR) is 85.6 cm³/mol. The first-order chi connectivity index (χ1) is 9.83. The zero-order chi connectivity index (χ0) is 15.6. The van der Waals surface area contributed by atoms with Crippen molar-refractivity contribution in [1.29, 1.82) is 0 Å². The molecule has 2 rings (SSSR count). The first-order valence-corrected chi connectivity index (χ1v) is 7.69. The molecule has 3 heteroatoms. The number of hydrogen-bond donors (Lipinski definition) is 0. The van der Waals surface area contributed by atoms with Gasteiger partial charge >= 0.3 is 0 Å². The molecule has 2 aromatic rings. The number of hydrogen-bond acceptors (Lipinski definition) is 1. The molecule has 1 aromatic heterocycles. The van der Waals surface area contributed by atoms with E-state index in [9.17, 15) is 0 Å². The summed E-state index contributed by atoms with van der Waals surface area (Å²) in [6.45, 7) is 12.8. The van der Waals surface area contributed by atoms with Crippen LogP contribution in [0.25, 0.3) is 5.69 Å². The van der Waals surface area contributed by atoms with Crippen molar-refractivity contribution >= 4 is 0 Å². The van der Waals surface area contributed by atoms with Gasteiger partial charge in [-0.15, -0.1) is 0 Å². The van der Waals surface area contributed by atoms with Crippen LogP contribution in [-0.4, -0.2) is 10.7 Å². The van der Waals surface area contributed by atoms with Crippen LogP contribution < -0.4 is 4.57 Å². The molecule has 0 unspecified atom stereocenters. The van der Waals surface area contributed by atoms with Crippen molar-refractivity contribution in [2.75, 3.05) is 0 Å². The Labute approximate surface area is 128 Å². The summed E-state index contributed by atoms with van der Waals surface area (Å²) >= 11 is 0. The van der Waals surface area contributed by atoms with Gasteiger partial charge in [0.15, 0.2) is 5.60 Å². The van der Waals surface area contributed by atoms with Crippen molar-refractivity contribution in [1.82, 2.24) is 4.57 Å². The first kappa shape index (κ1) is 15.8. The fraction of sp³-hybridized carbons (Fsp3) is 0.500. The smallest absolute Gasteiger partial charge is 0.294 e. The van der Waals surface area contributed by atoms with E-state index in [1.165, 1.54) is 0 Å². The summed E-state index contributed by atoms with van der Waals surface area (Å²) in [7, 11) is 0. The Kier molecular flexibility index (Phi) is 4.52. The van der Waals surface area contributed by atoms with Gasteiger partial charge in [-0.3, -0.25) is 0 Å². The van der Waals surface area contributed by atoms with Gasteiger partial charge in [-0.05, 0) is 53.7 Å². The van der Waals surface area contributed by atoms with Gasteiger partial charge in [0, 0.05) is 0 Å². The summed E-state index contributed by atoms with van der Waals surface area (Å²) in [6, 6.07) is 10.8. The minimum atomic E-state index is -0.363. The summed E-state index contributed by atoms with van der Waals surface area (Å²) in [5.74, 6) is 1.16. The van der Waals surface area contributed by atoms with E-state index < -0.39 is 0 Å². The van der Waals surface area contributed by atoms with Gasteiger partial charge in [0.25, 0.3) is 5.82 Å². The molecule has 0 fully saturated rings. The Morgan fingerprint density at radius 1 is 1.05 bits per heavy atom. The van der Waals surface area contributed by atoms with Crippen LogP contribution in [0, 0.1) is 0 Å². The van der Waals surface area contributed by atoms with Crippen LogP contribution in [0.1, 0.15) is 53.4 Å². The third-order valence-electron chi connectivity index (χ3n) is 3.51. The molecule has 114 valence electrons. The van der Waals surface area contributed by atoms with Crippen LogP contribution in [0.3, 0.4) is 0 Å². The van der Waals surface area contributed by atoms with Crippen molar-refractivity contribution in [3.8, 4) is 5.69 Å². The molecule has 21 heavy (non-hydrogen) atoms. The highest BCUT2D eigenvalue weighted by Gasteiger charge is 2.37. The highest BCUT2D eigenvalue weighted by Crippen LogP contribution is 2.27. The fourth-order valence-corrected chi connectivity index (χ4v) is 2.86. The molecular weight excluding hydrogens is 260 g/mol. The van der Waals surface area contributed by atoms with Gasteiger partial charge in [0.05, 0.1) is 12.1 Å². The summed E-state index contributed by atoms with van der Waals surface area (Å²) in [5, 5.41) is 0. The molecule has 0 atom stereocenters. The largest absolute Gasteiger partial charge is 0.360 e. The summed E-state index contributed by atoms with van der Waals surface area (Å²) in [4.78, 5) is 0. The number of aromatic nitrogens is 2. The highest BCUT2D eigenvalue weighted by molar-refractivity contribution is 5.32. The van der Waals surface area contributed by atoms with Crippen molar-refractivity contribution < 1.29 is 9.30 Å². The molecule has 0 radical (unpaired) electrons. The SMILES string of the molecule is CC(C)OC(C)(C)c1n(-c2ccccc2)cc[n+]1C(C)C. The molecule has 0 bridgehead atoms. The maximum absolute atomic E-state index is 6.19. The molecule has 0 saturated heterocycles. The van der Waals surface area contributed by atoms with E-state index in [1.54, 1.807) is 0 Å². The lowest BCUT2D eigenvalue weighted by molar-refractivity contribution is -0.728. The Morgan fingerprint density at radius 2 is 1.67 bits per heavy atom. The van der Waals surface area contributed by atoms with Gasteiger partial charge in [-0.2, -0.15) is 4.57 Å². The number of para-hydroxylation sites is 1. The number of rotatable bonds is 5. The third kappa shape index (κ3) is 3.35. The van der Waals surface area contributed by atoms with Crippen LogP contribution in [0.4, 0.5) is 0 Å². The fourth-order valence-electron chi connectivity index (χ4n) is 2.86. The third-order valence-corrected chi connectivity index (χ3v) is 3.51. The Bertz CT molecular complexity index is 583. The van der Waals surface area contributed by atoms with Crippen molar-refractivity contribution in [2.24, 2.45) is 0 Å². The molecule has 3 nitrogen and oxygen atoms in total. The van der Waals surface area contributed by atoms with Crippen LogP contribution >= 0.6 is 0 Å². The molecule has 0 N–H and O–H groups in total. The van der Waals surface area contributed by atoms with Crippen molar-refractivity contribution in [3.05, 3.63) is 48.5 Å². The zero-order valence-corrected chi connectivity index (χ0v) is 14.0. The van der Waals surface area contributed by atoms with E-state index in [2.05, 4.69) is 87.3 Å². The van der Waals surface area contributed by atoms with Crippen molar-refractivity contribution in [3.63, 3.8) is 0 Å². The second-order valence-corrected chi connectivity index (χ2v) is 6.51. The van der Waals surface area contributed by atoms with E-state index in [0.717, 1.165) is 11.5 Å². The van der Waals surface area contributed by atoms with E-state index in [4.69, 9.17) is 4.74 Å². The lowest BCUT2D eigenvalue weighted by atomic mass is 10.1. The van der Waals surface area contributed by atoms with Gasteiger partial charge in [0.2, 0.25) is 0 Å². The van der Waals surface area contributed by atoms with E-state index in [-0.39, 0.29) is 11.7 Å². The number of ether oxygens (including phenoxy) is 1. The molecule has 0 spiro atoms. The first-order valence-electron chi connectivity index (χ1n) is 7.69. The topological polar surface area (TPSA) is 18.0 Å². The average Bonchev–Trinajstić information content (AvgIpc) is 2.84. The average molecular weight is 287 g/mol. The number of imidazole rings is 1. The molecule has 0 aliphatic rings. The predicted octanol–water partition coefficient (Wildman–Crippen LogP) is 4.01. The van der Waals surface area contributed by atoms with E-state index >= 15 is 0 Å². The molecule has 0 aliphatic heterocycles. The molecular formula is C18H27N2O+. The number of benzene rings is 1. The van der Waals surface area contributed by atoms with E-state index in [1.807, 2.05) is 6.07 Å². The Morgan fingerprint density at radius 3 is 2.19 bits per heavy atom. The second kappa shape index (κ2) is 6.02. The van der Waals surface area contributed by atoms with Crippen molar-refractivity contribution in [2.45, 2.75) is 59.3 Å². The highest BCUT2D eigenvalue weighted by atomic mass is 16.5. The Hall–Kier alpha value is -1.61. The molecule has 0 amide bonds. The van der Waals surface area contributed by atoms with Crippen LogP contribution in [-0.2, 0) is 10.3 Å². The molecule has 1 heterocycles. The van der Waals surface area contributed by atoms with Gasteiger partial charge < -0.3 is 4.74 Å². The summed E-state index contributed by atoms with van der Waals surface area (Å²) in [5.41, 5.74) is 0.796. The quantitative estimate of drug-likeness (QED) is 0.760. The monoisotopic (exact) mass is 287 g/mol. The maximum Gasteiger partial charge on any atom is 0.294 e. The van der Waals surface area contributed by atoms with Crippen LogP contribution in [0.2, 0.25) is 0 Å². The van der Waals surface area contributed by atoms with E-state index in [0.29, 0.717) is 6.04 Å². The lowest BCUT2D eigenvalue weighted by Crippen LogP contribution is -2.46. The van der Waals surface area contributed by atoms with Gasteiger partial charge in [-0.1, -0.05) is 18.2 Å². The lowest BCUT2D eigenvalue weighted by Gasteiger charge is -2.26. The van der Waals surface area contributed by atoms with Gasteiger partial charge in [-0.25, -0.2) is 4.57 Å². The standard InChI is InChI=1S/C18H27N2O/c1-14(2)19-12-13-20(16-10-8-7-9-11-16)17(19)18(5,6)21-15(3)4/h7-15H,1-6H3/q+1. The maximum atomic E-state index is 6.19. The minimum absolute atomic E-state index is 0.180. The normalized spacial score (nSPS) is 12.4. The summed E-state index contributed by atoms with van der Waals surface area (Å²) < 4.78 is 10.7. The van der Waals surface area contributed by atoms with Crippen LogP contribution in [0.15, 0.2) is 42.7 Å². The molecule has 0 saturated carbocycles. The molecule has 0 aliphatic carbocycles. The zero-order valence-electron chi connectivity index (χ0n) is 14.0. The molecule has 1 aromatic carbocycles. The number of nitrogens with zero attached hydrogens (tertiary/aromatic N) is 2. The second-order valence-electron chi connectivity index (χ2n) is 6.51. The summed E-state index contributed by atoms with van der Waals surface area (Å²) in [6.07, 6.45) is 4.44. The Balaban J connectivity index is 2.58. The van der Waals surface area contributed by atoms with Crippen LogP contribution in [0.5, 0.6) is 0 Å².